The van der Waals surface area contributed by atoms with Gasteiger partial charge in [-0.2, -0.15) is 0 Å². The van der Waals surface area contributed by atoms with E-state index in [1.54, 1.807) is 25.3 Å². The Balaban J connectivity index is 1.46. The van der Waals surface area contributed by atoms with Gasteiger partial charge in [-0.05, 0) is 30.3 Å². The first-order valence-electron chi connectivity index (χ1n) is 11.7. The summed E-state index contributed by atoms with van der Waals surface area (Å²) in [6.45, 7) is 5.65. The molecular weight excluding hydrogens is 448 g/mol. The highest BCUT2D eigenvalue weighted by Crippen LogP contribution is 2.51. The van der Waals surface area contributed by atoms with Gasteiger partial charge in [0.2, 0.25) is 18.6 Å². The van der Waals surface area contributed by atoms with Crippen molar-refractivity contribution >= 4 is 35.0 Å². The fraction of sp³-hybridized carbons (Fsp3) is 0.370. The molecule has 8 nitrogen and oxygen atoms in total. The van der Waals surface area contributed by atoms with Crippen LogP contribution in [0.2, 0.25) is 0 Å². The Morgan fingerprint density at radius 3 is 2.49 bits per heavy atom. The molecule has 2 aromatic carbocycles. The highest BCUT2D eigenvalue weighted by atomic mass is 16.7. The van der Waals surface area contributed by atoms with Crippen LogP contribution >= 0.6 is 0 Å². The van der Waals surface area contributed by atoms with E-state index < -0.39 is 29.3 Å². The van der Waals surface area contributed by atoms with Gasteiger partial charge in [0.1, 0.15) is 11.8 Å². The molecule has 0 saturated carbocycles. The Morgan fingerprint density at radius 1 is 1.00 bits per heavy atom. The summed E-state index contributed by atoms with van der Waals surface area (Å²) in [6, 6.07) is 9.49. The van der Waals surface area contributed by atoms with E-state index in [0.29, 0.717) is 22.9 Å². The number of hydrogen-bond donors (Lipinski definition) is 0. The number of fused-ring (bicyclic) bond motifs is 6. The minimum atomic E-state index is -0.789. The second-order valence-electron chi connectivity index (χ2n) is 10.3. The number of ether oxygens (including phenoxy) is 3. The molecule has 0 unspecified atom stereocenters. The van der Waals surface area contributed by atoms with Crippen LogP contribution in [0, 0.1) is 17.3 Å². The summed E-state index contributed by atoms with van der Waals surface area (Å²) in [5, 5.41) is 0. The topological polar surface area (TPSA) is 85.4 Å². The van der Waals surface area contributed by atoms with Gasteiger partial charge in [-0.25, -0.2) is 4.90 Å². The zero-order chi connectivity index (χ0) is 24.6. The predicted octanol–water partition coefficient (Wildman–Crippen LogP) is 3.43. The maximum atomic E-state index is 13.9. The number of Topliss-reactive ketones (excluding diaryl/α,β-unsaturated/α-hetero) is 1. The number of carbonyl (C=O) groups excluding carboxylic acids is 3. The third-order valence-electron chi connectivity index (χ3n) is 7.33. The molecule has 6 rings (SSSR count). The van der Waals surface area contributed by atoms with Gasteiger partial charge in [-0.3, -0.25) is 14.4 Å². The molecule has 0 bridgehead atoms. The quantitative estimate of drug-likeness (QED) is 0.630. The molecule has 2 amide bonds. The van der Waals surface area contributed by atoms with Gasteiger partial charge in [-0.15, -0.1) is 0 Å². The normalized spacial score (nSPS) is 26.1. The summed E-state index contributed by atoms with van der Waals surface area (Å²) >= 11 is 0. The standard InChI is InChI=1S/C27H26N2O6/c1-27(2,3)24(30)23-22-21(18-8-5-14-11-16(33-4)7-9-17(14)29(18)23)25(31)28(26(22)32)15-6-10-19-20(12-15)35-13-34-19/h5-12,18,21-23H,13H2,1-4H3/t18-,21+,22+,23+/m1/s1. The molecular formula is C27H26N2O6. The van der Waals surface area contributed by atoms with E-state index in [4.69, 9.17) is 14.2 Å². The SMILES string of the molecule is COc1ccc2c(c1)C=C[C@@H]1[C@@H]3C(=O)N(c4ccc5c(c4)OCO5)C(=O)[C@@H]3[C@@H](C(=O)C(C)(C)C)N21. The van der Waals surface area contributed by atoms with Gasteiger partial charge < -0.3 is 19.1 Å². The Labute approximate surface area is 203 Å². The summed E-state index contributed by atoms with van der Waals surface area (Å²) in [4.78, 5) is 44.8. The van der Waals surface area contributed by atoms with Crippen LogP contribution in [0.1, 0.15) is 26.3 Å². The zero-order valence-corrected chi connectivity index (χ0v) is 20.0. The van der Waals surface area contributed by atoms with Crippen molar-refractivity contribution in [3.63, 3.8) is 0 Å². The van der Waals surface area contributed by atoms with Crippen LogP contribution in [0.5, 0.6) is 17.2 Å². The number of benzene rings is 2. The van der Waals surface area contributed by atoms with Crippen LogP contribution in [-0.2, 0) is 14.4 Å². The molecule has 0 aliphatic carbocycles. The third kappa shape index (κ3) is 3.02. The molecule has 2 fully saturated rings. The molecule has 180 valence electrons. The molecule has 2 saturated heterocycles. The van der Waals surface area contributed by atoms with Crippen molar-refractivity contribution in [1.82, 2.24) is 0 Å². The van der Waals surface area contributed by atoms with Crippen LogP contribution in [0.4, 0.5) is 11.4 Å². The van der Waals surface area contributed by atoms with Gasteiger partial charge in [0, 0.05) is 22.7 Å². The lowest BCUT2D eigenvalue weighted by Crippen LogP contribution is -2.51. The molecule has 8 heteroatoms. The van der Waals surface area contributed by atoms with Gasteiger partial charge in [0.25, 0.3) is 0 Å². The fourth-order valence-corrected chi connectivity index (χ4v) is 5.70. The lowest BCUT2D eigenvalue weighted by atomic mass is 9.79. The Hall–Kier alpha value is -3.81. The first-order chi connectivity index (χ1) is 16.7. The lowest BCUT2D eigenvalue weighted by Gasteiger charge is -2.38. The Morgan fingerprint density at radius 2 is 1.74 bits per heavy atom. The number of carbonyl (C=O) groups is 3. The summed E-state index contributed by atoms with van der Waals surface area (Å²) in [7, 11) is 1.60. The predicted molar refractivity (Wildman–Crippen MR) is 129 cm³/mol. The number of imide groups is 1. The summed E-state index contributed by atoms with van der Waals surface area (Å²) < 4.78 is 16.2. The second-order valence-corrected chi connectivity index (χ2v) is 10.3. The lowest BCUT2D eigenvalue weighted by molar-refractivity contribution is -0.132. The van der Waals surface area contributed by atoms with Crippen molar-refractivity contribution < 1.29 is 28.6 Å². The van der Waals surface area contributed by atoms with Crippen LogP contribution in [-0.4, -0.2) is 43.6 Å². The smallest absolute Gasteiger partial charge is 0.240 e. The van der Waals surface area contributed by atoms with Crippen LogP contribution in [0.15, 0.2) is 42.5 Å². The van der Waals surface area contributed by atoms with Crippen molar-refractivity contribution in [3.8, 4) is 17.2 Å². The minimum Gasteiger partial charge on any atom is -0.497 e. The molecule has 0 radical (unpaired) electrons. The molecule has 0 N–H and O–H groups in total. The minimum absolute atomic E-state index is 0.0687. The molecule has 4 aliphatic heterocycles. The van der Waals surface area contributed by atoms with Gasteiger partial charge in [-0.1, -0.05) is 32.9 Å². The number of ketones is 1. The van der Waals surface area contributed by atoms with Crippen LogP contribution in [0.3, 0.4) is 0 Å². The fourth-order valence-electron chi connectivity index (χ4n) is 5.70. The maximum absolute atomic E-state index is 13.9. The number of hydrogen-bond acceptors (Lipinski definition) is 7. The third-order valence-corrected chi connectivity index (χ3v) is 7.33. The van der Waals surface area contributed by atoms with E-state index in [9.17, 15) is 14.4 Å². The Kier molecular flexibility index (Phi) is 4.55. The molecule has 2 aromatic rings. The number of amides is 2. The molecule has 0 aromatic heterocycles. The molecule has 0 spiro atoms. The average Bonchev–Trinajstić information content (AvgIpc) is 3.50. The van der Waals surface area contributed by atoms with Crippen molar-refractivity contribution in [2.24, 2.45) is 17.3 Å². The van der Waals surface area contributed by atoms with E-state index >= 15 is 0 Å². The number of nitrogens with zero attached hydrogens (tertiary/aromatic N) is 2. The van der Waals surface area contributed by atoms with Crippen molar-refractivity contribution in [2.75, 3.05) is 23.7 Å². The average molecular weight is 475 g/mol. The molecule has 4 atom stereocenters. The van der Waals surface area contributed by atoms with E-state index in [1.165, 1.54) is 4.90 Å². The largest absolute Gasteiger partial charge is 0.497 e. The maximum Gasteiger partial charge on any atom is 0.240 e. The number of rotatable bonds is 3. The summed E-state index contributed by atoms with van der Waals surface area (Å²) in [6.07, 6.45) is 3.88. The first kappa shape index (κ1) is 21.7. The van der Waals surface area contributed by atoms with Crippen molar-refractivity contribution in [2.45, 2.75) is 32.9 Å². The number of anilines is 2. The molecule has 35 heavy (non-hydrogen) atoms. The summed E-state index contributed by atoms with van der Waals surface area (Å²) in [5.41, 5.74) is 1.44. The first-order valence-corrected chi connectivity index (χ1v) is 11.7. The van der Waals surface area contributed by atoms with Crippen molar-refractivity contribution in [1.29, 1.82) is 0 Å². The van der Waals surface area contributed by atoms with E-state index in [-0.39, 0.29) is 24.4 Å². The van der Waals surface area contributed by atoms with E-state index in [0.717, 1.165) is 11.3 Å². The highest BCUT2D eigenvalue weighted by Gasteiger charge is 2.65. The highest BCUT2D eigenvalue weighted by molar-refractivity contribution is 6.25. The monoisotopic (exact) mass is 474 g/mol. The van der Waals surface area contributed by atoms with Crippen LogP contribution in [0.25, 0.3) is 6.08 Å². The van der Waals surface area contributed by atoms with Gasteiger partial charge >= 0.3 is 0 Å². The van der Waals surface area contributed by atoms with Gasteiger partial charge in [0.05, 0.1) is 30.7 Å². The van der Waals surface area contributed by atoms with Crippen molar-refractivity contribution in [3.05, 3.63) is 48.0 Å². The van der Waals surface area contributed by atoms with Gasteiger partial charge in [0.15, 0.2) is 17.3 Å². The molecule has 4 heterocycles. The number of methoxy groups -OCH3 is 1. The molecule has 4 aliphatic rings. The zero-order valence-electron chi connectivity index (χ0n) is 20.0. The summed E-state index contributed by atoms with van der Waals surface area (Å²) in [5.74, 6) is -0.435. The van der Waals surface area contributed by atoms with E-state index in [1.807, 2.05) is 56.0 Å². The van der Waals surface area contributed by atoms with Crippen LogP contribution < -0.4 is 24.0 Å². The Bertz CT molecular complexity index is 1310. The second kappa shape index (κ2) is 7.34. The van der Waals surface area contributed by atoms with E-state index in [2.05, 4.69) is 0 Å².